The van der Waals surface area contributed by atoms with Gasteiger partial charge in [-0.05, 0) is 49.4 Å². The summed E-state index contributed by atoms with van der Waals surface area (Å²) in [6.45, 7) is 2.24. The summed E-state index contributed by atoms with van der Waals surface area (Å²) in [6, 6.07) is 5.56. The number of phenolic OH excluding ortho intramolecular Hbond substituents is 1. The van der Waals surface area contributed by atoms with Crippen molar-refractivity contribution in [2.24, 2.45) is 11.8 Å². The van der Waals surface area contributed by atoms with Crippen molar-refractivity contribution < 1.29 is 34.8 Å². The molecule has 230 valence electrons. The summed E-state index contributed by atoms with van der Waals surface area (Å²) in [5, 5.41) is 59.9. The molecule has 0 amide bonds. The van der Waals surface area contributed by atoms with Crippen LogP contribution >= 0.6 is 0 Å². The van der Waals surface area contributed by atoms with E-state index in [2.05, 4.69) is 20.4 Å². The summed E-state index contributed by atoms with van der Waals surface area (Å²) in [7, 11) is 3.69. The molecule has 3 atom stereocenters. The molecular formula is C31H34N6O7. The number of allylic oxidation sites excluding steroid dienone is 1. The molecule has 2 aromatic heterocycles. The number of aromatic amines is 2. The van der Waals surface area contributed by atoms with Crippen LogP contribution in [0.1, 0.15) is 47.8 Å². The average Bonchev–Trinajstić information content (AvgIpc) is 3.66. The van der Waals surface area contributed by atoms with Crippen molar-refractivity contribution in [1.29, 1.82) is 0 Å². The van der Waals surface area contributed by atoms with Crippen molar-refractivity contribution in [1.82, 2.24) is 25.3 Å². The van der Waals surface area contributed by atoms with Gasteiger partial charge in [0.2, 0.25) is 5.78 Å². The Labute approximate surface area is 252 Å². The minimum absolute atomic E-state index is 0.0815. The number of aromatic hydroxyl groups is 1. The molecule has 6 rings (SSSR count). The number of hydrogen-bond donors (Lipinski definition) is 6. The molecule has 0 spiro atoms. The van der Waals surface area contributed by atoms with Crippen LogP contribution in [0.3, 0.4) is 0 Å². The number of nitrogens with zero attached hydrogens (tertiary/aromatic N) is 4. The molecule has 1 fully saturated rings. The smallest absolute Gasteiger partial charge is 0.202 e. The van der Waals surface area contributed by atoms with E-state index in [1.807, 2.05) is 42.1 Å². The van der Waals surface area contributed by atoms with Gasteiger partial charge in [-0.3, -0.25) is 29.5 Å². The Morgan fingerprint density at radius 2 is 1.66 bits per heavy atom. The molecular weight excluding hydrogens is 568 g/mol. The molecule has 44 heavy (non-hydrogen) atoms. The number of aliphatic hydroxyl groups is 3. The maximum atomic E-state index is 14.0. The Balaban J connectivity index is 1.45. The summed E-state index contributed by atoms with van der Waals surface area (Å²) >= 11 is 0. The molecule has 0 saturated heterocycles. The number of aromatic nitrogens is 4. The minimum atomic E-state index is -2.53. The Bertz CT molecular complexity index is 1690. The van der Waals surface area contributed by atoms with Crippen LogP contribution in [0.15, 0.2) is 47.5 Å². The van der Waals surface area contributed by atoms with Crippen LogP contribution in [0.25, 0.3) is 5.76 Å². The van der Waals surface area contributed by atoms with Crippen LogP contribution in [0.2, 0.25) is 0 Å². The molecule has 3 aliphatic rings. The van der Waals surface area contributed by atoms with Gasteiger partial charge in [0.25, 0.3) is 0 Å². The second-order valence-corrected chi connectivity index (χ2v) is 12.1. The second kappa shape index (κ2) is 10.8. The standard InChI is InChI=1S/C31H34N6O7/c1-15(38)24-23(39)11-18-8-16-9-21-22(36(2)3)10-17(12-37(13-19-4-6-32-34-19)14-20-5-7-33-35-20)27(40)26(21)28(41)25(16)30(43)31(18,44)29(24)42/h4-7,10,16,18,40-42,44H,8-9,11-14H2,1-3H3,(H,32,34)(H,33,35)/t16-,18+,31-/m1/s1. The SMILES string of the molecule is CC(=O)C1=C(O)[C@@]2(O)C(=O)C3=C(O)c4c(O)c(CN(Cc5ccn[nH]5)Cc5ccn[nH]5)cc(N(C)C)c4C[C@H]3C[C@H]2CC1=O. The van der Waals surface area contributed by atoms with Crippen LogP contribution in [0.5, 0.6) is 5.75 Å². The number of fused-ring (bicyclic) bond motifs is 3. The number of aliphatic hydroxyl groups excluding tert-OH is 2. The quantitative estimate of drug-likeness (QED) is 0.207. The largest absolute Gasteiger partial charge is 0.508 e. The number of carbonyl (C=O) groups is 3. The summed E-state index contributed by atoms with van der Waals surface area (Å²) in [5.74, 6) is -5.58. The van der Waals surface area contributed by atoms with Crippen LogP contribution in [0.4, 0.5) is 5.69 Å². The number of Topliss-reactive ketones (excluding diaryl/α,β-unsaturated/α-hetero) is 3. The molecule has 0 unspecified atom stereocenters. The molecule has 1 saturated carbocycles. The molecule has 3 aliphatic carbocycles. The summed E-state index contributed by atoms with van der Waals surface area (Å²) in [4.78, 5) is 42.7. The third kappa shape index (κ3) is 4.59. The average molecular weight is 603 g/mol. The lowest BCUT2D eigenvalue weighted by Gasteiger charge is -2.46. The molecule has 13 heteroatoms. The van der Waals surface area contributed by atoms with Crippen LogP contribution in [0, 0.1) is 11.8 Å². The monoisotopic (exact) mass is 602 g/mol. The van der Waals surface area contributed by atoms with E-state index in [9.17, 15) is 34.8 Å². The van der Waals surface area contributed by atoms with Crippen molar-refractivity contribution in [3.05, 3.63) is 75.6 Å². The minimum Gasteiger partial charge on any atom is -0.508 e. The fraction of sp³-hybridized carbons (Fsp3) is 0.387. The number of ketones is 3. The summed E-state index contributed by atoms with van der Waals surface area (Å²) < 4.78 is 0. The van der Waals surface area contributed by atoms with Gasteiger partial charge in [-0.15, -0.1) is 0 Å². The fourth-order valence-corrected chi connectivity index (χ4v) is 6.99. The fourth-order valence-electron chi connectivity index (χ4n) is 6.99. The zero-order chi connectivity index (χ0) is 31.5. The van der Waals surface area contributed by atoms with Gasteiger partial charge in [0.15, 0.2) is 17.2 Å². The van der Waals surface area contributed by atoms with Gasteiger partial charge in [-0.25, -0.2) is 0 Å². The molecule has 0 aliphatic heterocycles. The lowest BCUT2D eigenvalue weighted by molar-refractivity contribution is -0.147. The number of rotatable bonds is 8. The molecule has 1 aromatic carbocycles. The number of carbonyl (C=O) groups excluding carboxylic acids is 3. The number of hydrogen-bond acceptors (Lipinski definition) is 11. The lowest BCUT2D eigenvalue weighted by atomic mass is 9.59. The first kappa shape index (κ1) is 29.3. The van der Waals surface area contributed by atoms with E-state index in [4.69, 9.17) is 0 Å². The first-order valence-corrected chi connectivity index (χ1v) is 14.3. The van der Waals surface area contributed by atoms with E-state index in [1.165, 1.54) is 0 Å². The highest BCUT2D eigenvalue weighted by atomic mass is 16.3. The molecule has 0 radical (unpaired) electrons. The zero-order valence-corrected chi connectivity index (χ0v) is 24.6. The summed E-state index contributed by atoms with van der Waals surface area (Å²) in [5.41, 5.74) is 0.362. The van der Waals surface area contributed by atoms with Gasteiger partial charge in [0.05, 0.1) is 5.56 Å². The van der Waals surface area contributed by atoms with E-state index >= 15 is 0 Å². The van der Waals surface area contributed by atoms with Crippen molar-refractivity contribution >= 4 is 28.8 Å². The van der Waals surface area contributed by atoms with E-state index in [0.29, 0.717) is 24.2 Å². The molecule has 13 nitrogen and oxygen atoms in total. The van der Waals surface area contributed by atoms with Crippen molar-refractivity contribution in [3.63, 3.8) is 0 Å². The highest BCUT2D eigenvalue weighted by Gasteiger charge is 2.60. The maximum Gasteiger partial charge on any atom is 0.202 e. The van der Waals surface area contributed by atoms with Gasteiger partial charge in [0.1, 0.15) is 22.8 Å². The Morgan fingerprint density at radius 3 is 2.20 bits per heavy atom. The van der Waals surface area contributed by atoms with Gasteiger partial charge in [-0.2, -0.15) is 10.2 Å². The molecule has 0 bridgehead atoms. The Hall–Kier alpha value is -4.75. The number of benzene rings is 1. The summed E-state index contributed by atoms with van der Waals surface area (Å²) in [6.07, 6.45) is 3.38. The molecule has 6 N–H and O–H groups in total. The van der Waals surface area contributed by atoms with Crippen molar-refractivity contribution in [2.75, 3.05) is 19.0 Å². The highest BCUT2D eigenvalue weighted by Crippen LogP contribution is 2.53. The number of anilines is 1. The lowest BCUT2D eigenvalue weighted by Crippen LogP contribution is -2.57. The van der Waals surface area contributed by atoms with Crippen molar-refractivity contribution in [3.8, 4) is 5.75 Å². The van der Waals surface area contributed by atoms with E-state index in [0.717, 1.165) is 24.0 Å². The van der Waals surface area contributed by atoms with Gasteiger partial charge in [-0.1, -0.05) is 0 Å². The Morgan fingerprint density at radius 1 is 1.02 bits per heavy atom. The van der Waals surface area contributed by atoms with E-state index < -0.39 is 51.9 Å². The van der Waals surface area contributed by atoms with Gasteiger partial charge < -0.3 is 25.3 Å². The third-order valence-electron chi connectivity index (χ3n) is 9.01. The van der Waals surface area contributed by atoms with Crippen molar-refractivity contribution in [2.45, 2.75) is 51.4 Å². The van der Waals surface area contributed by atoms with E-state index in [1.54, 1.807) is 12.4 Å². The number of phenols is 1. The molecule has 3 aromatic rings. The topological polar surface area (TPSA) is 196 Å². The maximum absolute atomic E-state index is 14.0. The third-order valence-corrected chi connectivity index (χ3v) is 9.01. The number of nitrogens with one attached hydrogen (secondary N) is 2. The highest BCUT2D eigenvalue weighted by molar-refractivity contribution is 6.23. The van der Waals surface area contributed by atoms with Crippen LogP contribution < -0.4 is 4.90 Å². The van der Waals surface area contributed by atoms with Gasteiger partial charge in [0, 0.05) is 86.7 Å². The van der Waals surface area contributed by atoms with Gasteiger partial charge >= 0.3 is 0 Å². The zero-order valence-electron chi connectivity index (χ0n) is 24.6. The molecule has 2 heterocycles. The normalized spacial score (nSPS) is 23.1. The number of H-pyrrole nitrogens is 2. The predicted octanol–water partition coefficient (Wildman–Crippen LogP) is 2.24. The van der Waals surface area contributed by atoms with Crippen LogP contribution in [-0.4, -0.2) is 82.8 Å². The predicted molar refractivity (Wildman–Crippen MR) is 157 cm³/mol. The first-order chi connectivity index (χ1) is 20.9. The first-order valence-electron chi connectivity index (χ1n) is 14.3. The second-order valence-electron chi connectivity index (χ2n) is 12.1. The van der Waals surface area contributed by atoms with E-state index in [-0.39, 0.29) is 42.7 Å². The Kier molecular flexibility index (Phi) is 7.17. The van der Waals surface area contributed by atoms with Crippen LogP contribution in [-0.2, 0) is 40.4 Å².